The number of rotatable bonds is 9. The van der Waals surface area contributed by atoms with Crippen molar-refractivity contribution in [2.24, 2.45) is 5.10 Å². The van der Waals surface area contributed by atoms with Crippen molar-refractivity contribution in [1.29, 1.82) is 0 Å². The second kappa shape index (κ2) is 13.3. The van der Waals surface area contributed by atoms with Crippen LogP contribution >= 0.6 is 22.9 Å². The van der Waals surface area contributed by atoms with Gasteiger partial charge in [-0.1, -0.05) is 48.0 Å². The van der Waals surface area contributed by atoms with E-state index in [1.54, 1.807) is 30.6 Å². The molecule has 0 aliphatic carbocycles. The Morgan fingerprint density at radius 3 is 2.65 bits per heavy atom. The number of hydrogen-bond donors (Lipinski definition) is 1. The second-order valence-corrected chi connectivity index (χ2v) is 10.9. The topological polar surface area (TPSA) is 86.7 Å². The number of benzene rings is 2. The summed E-state index contributed by atoms with van der Waals surface area (Å²) in [4.78, 5) is 32.2. The number of hydrazone groups is 1. The van der Waals surface area contributed by atoms with Crippen LogP contribution in [0.3, 0.4) is 0 Å². The third-order valence-electron chi connectivity index (χ3n) is 6.99. The molecular weight excluding hydrogens is 550 g/mol. The first-order valence-corrected chi connectivity index (χ1v) is 14.5. The van der Waals surface area contributed by atoms with Gasteiger partial charge in [0.05, 0.1) is 42.6 Å². The van der Waals surface area contributed by atoms with Crippen LogP contribution in [0, 0.1) is 0 Å². The normalized spacial score (nSPS) is 17.4. The Hall–Kier alpha value is -3.44. The zero-order chi connectivity index (χ0) is 27.9. The van der Waals surface area contributed by atoms with Gasteiger partial charge in [-0.15, -0.1) is 11.3 Å². The van der Waals surface area contributed by atoms with Gasteiger partial charge in [0.2, 0.25) is 0 Å². The summed E-state index contributed by atoms with van der Waals surface area (Å²) in [5.41, 5.74) is 2.18. The predicted molar refractivity (Wildman–Crippen MR) is 157 cm³/mol. The Labute approximate surface area is 242 Å². The van der Waals surface area contributed by atoms with E-state index in [1.165, 1.54) is 9.91 Å². The van der Waals surface area contributed by atoms with Crippen LogP contribution in [0.15, 0.2) is 71.1 Å². The van der Waals surface area contributed by atoms with Crippen LogP contribution in [0.2, 0.25) is 5.02 Å². The largest absolute Gasteiger partial charge is 0.495 e. The van der Waals surface area contributed by atoms with Gasteiger partial charge in [-0.25, -0.2) is 9.80 Å². The number of anilines is 1. The number of amides is 3. The minimum Gasteiger partial charge on any atom is -0.495 e. The number of halogens is 1. The maximum atomic E-state index is 13.9. The van der Waals surface area contributed by atoms with E-state index in [9.17, 15) is 9.59 Å². The Morgan fingerprint density at radius 1 is 1.12 bits per heavy atom. The third kappa shape index (κ3) is 6.64. The highest BCUT2D eigenvalue weighted by Crippen LogP contribution is 2.37. The van der Waals surface area contributed by atoms with Crippen LogP contribution in [-0.2, 0) is 9.53 Å². The molecule has 0 bridgehead atoms. The fraction of sp³-hybridized carbons (Fsp3) is 0.345. The molecule has 3 amide bonds. The molecule has 2 aliphatic rings. The molecule has 1 N–H and O–H groups in total. The van der Waals surface area contributed by atoms with Gasteiger partial charge in [0, 0.05) is 37.6 Å². The number of methoxy groups -OCH3 is 1. The number of carbonyl (C=O) groups excluding carboxylic acids is 2. The minimum absolute atomic E-state index is 0.145. The van der Waals surface area contributed by atoms with Crippen molar-refractivity contribution in [3.8, 4) is 5.75 Å². The highest BCUT2D eigenvalue weighted by molar-refractivity contribution is 7.12. The monoisotopic (exact) mass is 581 g/mol. The van der Waals surface area contributed by atoms with Crippen LogP contribution in [0.4, 0.5) is 10.5 Å². The fourth-order valence-electron chi connectivity index (χ4n) is 4.84. The molecule has 210 valence electrons. The summed E-state index contributed by atoms with van der Waals surface area (Å²) in [7, 11) is 1.55. The van der Waals surface area contributed by atoms with E-state index in [0.29, 0.717) is 49.2 Å². The van der Waals surface area contributed by atoms with E-state index in [1.807, 2.05) is 53.9 Å². The fourth-order valence-corrected chi connectivity index (χ4v) is 5.82. The summed E-state index contributed by atoms with van der Waals surface area (Å²) in [6.07, 6.45) is 0.539. The summed E-state index contributed by atoms with van der Waals surface area (Å²) in [5.74, 6) is 0.257. The van der Waals surface area contributed by atoms with E-state index in [4.69, 9.17) is 26.2 Å². The molecule has 1 aromatic heterocycles. The number of nitrogens with one attached hydrogen (secondary N) is 1. The molecule has 1 fully saturated rings. The van der Waals surface area contributed by atoms with E-state index in [-0.39, 0.29) is 24.5 Å². The Bertz CT molecular complexity index is 1350. The van der Waals surface area contributed by atoms with E-state index < -0.39 is 0 Å². The molecule has 40 heavy (non-hydrogen) atoms. The lowest BCUT2D eigenvalue weighted by atomic mass is 10.0. The standard InChI is InChI=1S/C29H32ClN5O4S/c1-38-26-10-5-4-9-23(26)31-29(37)34(13-12-33-14-16-39-17-15-33)20-28(36)35-25(21-7-2-3-8-22(21)30)19-24(32-35)27-11-6-18-40-27/h2-11,18,25H,12-17,19-20H2,1H3,(H,31,37). The molecule has 0 saturated carbocycles. The van der Waals surface area contributed by atoms with Crippen LogP contribution < -0.4 is 10.1 Å². The van der Waals surface area contributed by atoms with Crippen molar-refractivity contribution in [2.45, 2.75) is 12.5 Å². The number of morpholine rings is 1. The quantitative estimate of drug-likeness (QED) is 0.386. The maximum absolute atomic E-state index is 13.9. The van der Waals surface area contributed by atoms with Gasteiger partial charge in [-0.05, 0) is 35.2 Å². The Kier molecular flexibility index (Phi) is 9.33. The summed E-state index contributed by atoms with van der Waals surface area (Å²) < 4.78 is 10.9. The van der Waals surface area contributed by atoms with Gasteiger partial charge in [0.1, 0.15) is 12.3 Å². The van der Waals surface area contributed by atoms with Crippen molar-refractivity contribution in [3.63, 3.8) is 0 Å². The summed E-state index contributed by atoms with van der Waals surface area (Å²) in [6.45, 7) is 3.70. The predicted octanol–water partition coefficient (Wildman–Crippen LogP) is 4.95. The molecule has 1 saturated heterocycles. The van der Waals surface area contributed by atoms with Gasteiger partial charge in [0.25, 0.3) is 5.91 Å². The molecule has 3 heterocycles. The zero-order valence-electron chi connectivity index (χ0n) is 22.3. The SMILES string of the molecule is COc1ccccc1NC(=O)N(CCN1CCOCC1)CC(=O)N1N=C(c2cccs2)CC1c1ccccc1Cl. The van der Waals surface area contributed by atoms with Gasteiger partial charge >= 0.3 is 6.03 Å². The highest BCUT2D eigenvalue weighted by atomic mass is 35.5. The number of ether oxygens (including phenoxy) is 2. The Balaban J connectivity index is 1.38. The maximum Gasteiger partial charge on any atom is 0.322 e. The molecular formula is C29H32ClN5O4S. The number of nitrogens with zero attached hydrogens (tertiary/aromatic N) is 4. The molecule has 2 aliphatic heterocycles. The number of para-hydroxylation sites is 2. The average Bonchev–Trinajstić information content (AvgIpc) is 3.67. The molecule has 0 radical (unpaired) electrons. The van der Waals surface area contributed by atoms with E-state index in [0.717, 1.165) is 29.2 Å². The molecule has 11 heteroatoms. The highest BCUT2D eigenvalue weighted by Gasteiger charge is 2.35. The summed E-state index contributed by atoms with van der Waals surface area (Å²) >= 11 is 8.15. The van der Waals surface area contributed by atoms with Gasteiger partial charge < -0.3 is 19.7 Å². The molecule has 2 aromatic carbocycles. The Morgan fingerprint density at radius 2 is 1.90 bits per heavy atom. The minimum atomic E-state index is -0.387. The van der Waals surface area contributed by atoms with Crippen LogP contribution in [0.5, 0.6) is 5.75 Å². The lowest BCUT2D eigenvalue weighted by molar-refractivity contribution is -0.133. The first-order chi connectivity index (χ1) is 19.5. The van der Waals surface area contributed by atoms with Crippen molar-refractivity contribution in [2.75, 3.05) is 58.4 Å². The van der Waals surface area contributed by atoms with Crippen molar-refractivity contribution in [3.05, 3.63) is 81.5 Å². The van der Waals surface area contributed by atoms with Crippen molar-refractivity contribution < 1.29 is 19.1 Å². The van der Waals surface area contributed by atoms with Crippen molar-refractivity contribution >= 4 is 46.3 Å². The van der Waals surface area contributed by atoms with E-state index >= 15 is 0 Å². The molecule has 3 aromatic rings. The number of carbonyl (C=O) groups is 2. The van der Waals surface area contributed by atoms with Crippen LogP contribution in [-0.4, -0.2) is 85.5 Å². The summed E-state index contributed by atoms with van der Waals surface area (Å²) in [6, 6.07) is 17.9. The molecule has 1 unspecified atom stereocenters. The van der Waals surface area contributed by atoms with Gasteiger partial charge in [0.15, 0.2) is 0 Å². The van der Waals surface area contributed by atoms with Gasteiger partial charge in [-0.2, -0.15) is 5.10 Å². The number of urea groups is 1. The number of hydrogen-bond acceptors (Lipinski definition) is 7. The molecule has 0 spiro atoms. The lowest BCUT2D eigenvalue weighted by Gasteiger charge is -2.31. The molecule has 1 atom stereocenters. The smallest absolute Gasteiger partial charge is 0.322 e. The lowest BCUT2D eigenvalue weighted by Crippen LogP contribution is -2.47. The zero-order valence-corrected chi connectivity index (χ0v) is 23.9. The third-order valence-corrected chi connectivity index (χ3v) is 8.25. The first kappa shape index (κ1) is 28.1. The van der Waals surface area contributed by atoms with Crippen LogP contribution in [0.1, 0.15) is 22.9 Å². The molecule has 5 rings (SSSR count). The van der Waals surface area contributed by atoms with Crippen molar-refractivity contribution in [1.82, 2.24) is 14.8 Å². The first-order valence-electron chi connectivity index (χ1n) is 13.2. The van der Waals surface area contributed by atoms with Gasteiger partial charge in [-0.3, -0.25) is 9.69 Å². The van der Waals surface area contributed by atoms with E-state index in [2.05, 4.69) is 10.2 Å². The van der Waals surface area contributed by atoms with Crippen LogP contribution in [0.25, 0.3) is 0 Å². The molecule has 9 nitrogen and oxygen atoms in total. The average molecular weight is 582 g/mol. The number of thiophene rings is 1. The summed E-state index contributed by atoms with van der Waals surface area (Å²) in [5, 5.41) is 11.7. The second-order valence-electron chi connectivity index (χ2n) is 9.51.